The molecule has 3 aromatic carbocycles. The second-order valence-corrected chi connectivity index (χ2v) is 10.7. The summed E-state index contributed by atoms with van der Waals surface area (Å²) >= 11 is 0. The van der Waals surface area contributed by atoms with E-state index in [0.29, 0.717) is 17.0 Å². The van der Waals surface area contributed by atoms with Crippen LogP contribution in [0.1, 0.15) is 43.5 Å². The molecular weight excluding hydrogens is 530 g/mol. The summed E-state index contributed by atoms with van der Waals surface area (Å²) in [4.78, 5) is 42.6. The SMILES string of the molecule is C=CCN(C(=O)C(Cc1ccccc1)NC(=O)OC(C)(C)C)C(C(=O)Nc1ccc(OC)cc1)c1cccc(C=C)c1. The standard InChI is InChI=1S/C34H39N3O5/c1-7-21-37(32(39)29(23-25-13-10-9-11-14-25)36-33(40)42-34(3,4)5)30(26-16-12-15-24(8-2)22-26)31(38)35-27-17-19-28(41-6)20-18-27/h7-20,22,29-30H,1-2,21,23H2,3-6H3,(H,35,38)(H,36,40). The highest BCUT2D eigenvalue weighted by atomic mass is 16.6. The van der Waals surface area contributed by atoms with Crippen LogP contribution < -0.4 is 15.4 Å². The molecule has 42 heavy (non-hydrogen) atoms. The molecule has 0 bridgehead atoms. The number of benzene rings is 3. The molecule has 0 saturated heterocycles. The Bertz CT molecular complexity index is 1380. The third kappa shape index (κ3) is 9.09. The highest BCUT2D eigenvalue weighted by Crippen LogP contribution is 2.27. The molecule has 2 unspecified atom stereocenters. The minimum atomic E-state index is -1.06. The van der Waals surface area contributed by atoms with Gasteiger partial charge in [0.2, 0.25) is 5.91 Å². The van der Waals surface area contributed by atoms with Crippen LogP contribution in [-0.4, -0.2) is 48.1 Å². The van der Waals surface area contributed by atoms with Crippen molar-refractivity contribution < 1.29 is 23.9 Å². The van der Waals surface area contributed by atoms with Crippen molar-refractivity contribution in [1.82, 2.24) is 10.2 Å². The topological polar surface area (TPSA) is 97.0 Å². The van der Waals surface area contributed by atoms with E-state index in [1.807, 2.05) is 42.5 Å². The minimum absolute atomic E-state index is 0.0408. The summed E-state index contributed by atoms with van der Waals surface area (Å²) in [6, 6.07) is 21.4. The molecule has 0 saturated carbocycles. The van der Waals surface area contributed by atoms with Gasteiger partial charge in [-0.15, -0.1) is 6.58 Å². The van der Waals surface area contributed by atoms with Gasteiger partial charge >= 0.3 is 6.09 Å². The first-order chi connectivity index (χ1) is 20.0. The zero-order valence-electron chi connectivity index (χ0n) is 24.6. The van der Waals surface area contributed by atoms with Crippen molar-refractivity contribution in [1.29, 1.82) is 0 Å². The van der Waals surface area contributed by atoms with Crippen LogP contribution in [0.5, 0.6) is 5.75 Å². The zero-order chi connectivity index (χ0) is 30.7. The molecule has 8 nitrogen and oxygen atoms in total. The van der Waals surface area contributed by atoms with Crippen LogP contribution in [0.3, 0.4) is 0 Å². The van der Waals surface area contributed by atoms with Gasteiger partial charge in [-0.2, -0.15) is 0 Å². The molecule has 2 atom stereocenters. The van der Waals surface area contributed by atoms with Gasteiger partial charge in [0.15, 0.2) is 0 Å². The molecule has 8 heteroatoms. The Morgan fingerprint density at radius 2 is 1.64 bits per heavy atom. The Balaban J connectivity index is 2.05. The van der Waals surface area contributed by atoms with Gasteiger partial charge in [0.25, 0.3) is 5.91 Å². The van der Waals surface area contributed by atoms with Crippen molar-refractivity contribution in [2.45, 2.75) is 44.9 Å². The molecule has 0 spiro atoms. The maximum absolute atomic E-state index is 14.3. The highest BCUT2D eigenvalue weighted by Gasteiger charge is 2.36. The van der Waals surface area contributed by atoms with Gasteiger partial charge < -0.3 is 25.0 Å². The number of carbonyl (C=O) groups excluding carboxylic acids is 3. The number of amides is 3. The van der Waals surface area contributed by atoms with Crippen molar-refractivity contribution in [3.8, 4) is 5.75 Å². The Labute approximate surface area is 248 Å². The Hall–Kier alpha value is -4.85. The van der Waals surface area contributed by atoms with Crippen LogP contribution in [0.2, 0.25) is 0 Å². The first-order valence-electron chi connectivity index (χ1n) is 13.7. The Morgan fingerprint density at radius 3 is 2.24 bits per heavy atom. The number of nitrogens with zero attached hydrogens (tertiary/aromatic N) is 1. The van der Waals surface area contributed by atoms with E-state index in [9.17, 15) is 14.4 Å². The van der Waals surface area contributed by atoms with Gasteiger partial charge in [-0.05, 0) is 67.8 Å². The van der Waals surface area contributed by atoms with Crippen molar-refractivity contribution in [3.63, 3.8) is 0 Å². The fourth-order valence-corrected chi connectivity index (χ4v) is 4.38. The van der Waals surface area contributed by atoms with Crippen LogP contribution in [-0.2, 0) is 20.7 Å². The minimum Gasteiger partial charge on any atom is -0.497 e. The van der Waals surface area contributed by atoms with E-state index in [1.165, 1.54) is 4.90 Å². The monoisotopic (exact) mass is 569 g/mol. The molecular formula is C34H39N3O5. The Kier molecular flexibility index (Phi) is 11.1. The first kappa shape index (κ1) is 31.7. The lowest BCUT2D eigenvalue weighted by Gasteiger charge is -2.34. The maximum Gasteiger partial charge on any atom is 0.408 e. The maximum atomic E-state index is 14.3. The lowest BCUT2D eigenvalue weighted by molar-refractivity contribution is -0.140. The van der Waals surface area contributed by atoms with Crippen LogP contribution >= 0.6 is 0 Å². The predicted molar refractivity (Wildman–Crippen MR) is 166 cm³/mol. The van der Waals surface area contributed by atoms with E-state index in [1.54, 1.807) is 76.4 Å². The van der Waals surface area contributed by atoms with E-state index in [2.05, 4.69) is 23.8 Å². The number of rotatable bonds is 12. The van der Waals surface area contributed by atoms with Crippen LogP contribution in [0, 0.1) is 0 Å². The summed E-state index contributed by atoms with van der Waals surface area (Å²) in [5, 5.41) is 5.67. The summed E-state index contributed by atoms with van der Waals surface area (Å²) in [6.07, 6.45) is 2.68. The fraction of sp³-hybridized carbons (Fsp3) is 0.265. The van der Waals surface area contributed by atoms with Gasteiger partial charge in [0, 0.05) is 18.7 Å². The summed E-state index contributed by atoms with van der Waals surface area (Å²) in [5.41, 5.74) is 1.96. The summed E-state index contributed by atoms with van der Waals surface area (Å²) < 4.78 is 10.7. The number of alkyl carbamates (subject to hydrolysis) is 1. The van der Waals surface area contributed by atoms with E-state index < -0.39 is 35.6 Å². The third-order valence-corrected chi connectivity index (χ3v) is 6.26. The quantitative estimate of drug-likeness (QED) is 0.254. The Morgan fingerprint density at radius 1 is 0.952 bits per heavy atom. The molecule has 220 valence electrons. The number of ether oxygens (including phenoxy) is 2. The molecule has 0 aliphatic rings. The van der Waals surface area contributed by atoms with Crippen LogP contribution in [0.25, 0.3) is 6.08 Å². The molecule has 0 radical (unpaired) electrons. The number of anilines is 1. The summed E-state index contributed by atoms with van der Waals surface area (Å²) in [5.74, 6) is -0.264. The van der Waals surface area contributed by atoms with Gasteiger partial charge in [-0.1, -0.05) is 67.3 Å². The second kappa shape index (κ2) is 14.7. The first-order valence-corrected chi connectivity index (χ1v) is 13.7. The van der Waals surface area contributed by atoms with Crippen molar-refractivity contribution >= 4 is 29.7 Å². The summed E-state index contributed by atoms with van der Waals surface area (Å²) in [7, 11) is 1.56. The molecule has 0 aromatic heterocycles. The number of nitrogens with one attached hydrogen (secondary N) is 2. The normalized spacial score (nSPS) is 12.3. The largest absolute Gasteiger partial charge is 0.497 e. The molecule has 0 aliphatic carbocycles. The number of hydrogen-bond donors (Lipinski definition) is 2. The third-order valence-electron chi connectivity index (χ3n) is 6.26. The van der Waals surface area contributed by atoms with Crippen molar-refractivity contribution in [2.24, 2.45) is 0 Å². The van der Waals surface area contributed by atoms with Crippen molar-refractivity contribution in [3.05, 3.63) is 115 Å². The highest BCUT2D eigenvalue weighted by molar-refractivity contribution is 5.99. The smallest absolute Gasteiger partial charge is 0.408 e. The van der Waals surface area contributed by atoms with E-state index in [-0.39, 0.29) is 13.0 Å². The molecule has 0 aliphatic heterocycles. The molecule has 2 N–H and O–H groups in total. The number of methoxy groups -OCH3 is 1. The lowest BCUT2D eigenvalue weighted by Crippen LogP contribution is -2.53. The molecule has 3 rings (SSSR count). The lowest BCUT2D eigenvalue weighted by atomic mass is 9.98. The molecule has 3 amide bonds. The van der Waals surface area contributed by atoms with Gasteiger partial charge in [-0.3, -0.25) is 9.59 Å². The molecule has 0 fully saturated rings. The van der Waals surface area contributed by atoms with E-state index in [4.69, 9.17) is 9.47 Å². The number of carbonyl (C=O) groups is 3. The second-order valence-electron chi connectivity index (χ2n) is 10.7. The zero-order valence-corrected chi connectivity index (χ0v) is 24.6. The number of hydrogen-bond acceptors (Lipinski definition) is 5. The fourth-order valence-electron chi connectivity index (χ4n) is 4.38. The van der Waals surface area contributed by atoms with Gasteiger partial charge in [0.05, 0.1) is 7.11 Å². The average Bonchev–Trinajstić information content (AvgIpc) is 2.96. The van der Waals surface area contributed by atoms with Gasteiger partial charge in [-0.25, -0.2) is 4.79 Å². The molecule has 0 heterocycles. The average molecular weight is 570 g/mol. The van der Waals surface area contributed by atoms with Gasteiger partial charge in [0.1, 0.15) is 23.4 Å². The van der Waals surface area contributed by atoms with Crippen LogP contribution in [0.15, 0.2) is 98.1 Å². The molecule has 3 aromatic rings. The van der Waals surface area contributed by atoms with Crippen LogP contribution in [0.4, 0.5) is 10.5 Å². The van der Waals surface area contributed by atoms with Crippen molar-refractivity contribution in [2.75, 3.05) is 19.0 Å². The van der Waals surface area contributed by atoms with E-state index >= 15 is 0 Å². The summed E-state index contributed by atoms with van der Waals surface area (Å²) in [6.45, 7) is 13.0. The predicted octanol–water partition coefficient (Wildman–Crippen LogP) is 6.17. The van der Waals surface area contributed by atoms with E-state index in [0.717, 1.165) is 11.1 Å².